The van der Waals surface area contributed by atoms with E-state index in [1.54, 1.807) is 19.2 Å². The lowest BCUT2D eigenvalue weighted by Crippen LogP contribution is -3.14. The molecule has 3 aromatic rings. The summed E-state index contributed by atoms with van der Waals surface area (Å²) < 4.78 is 5.27. The summed E-state index contributed by atoms with van der Waals surface area (Å²) in [7, 11) is 1.57. The van der Waals surface area contributed by atoms with E-state index in [0.717, 1.165) is 15.8 Å². The van der Waals surface area contributed by atoms with Gasteiger partial charge in [-0.15, -0.1) is 0 Å². The van der Waals surface area contributed by atoms with Gasteiger partial charge in [0.2, 0.25) is 0 Å². The Kier molecular flexibility index (Phi) is 7.62. The number of para-hydroxylation sites is 2. The Balaban J connectivity index is 1.55. The molecule has 0 aliphatic heterocycles. The highest BCUT2D eigenvalue weighted by atomic mass is 16.5. The summed E-state index contributed by atoms with van der Waals surface area (Å²) in [6.45, 7) is 5.03. The number of likely N-dealkylation sites (N-methyl/N-ethyl adjacent to an activating group) is 1. The number of benzene rings is 3. The number of nitrogens with one attached hydrogen (secondary N) is 3. The van der Waals surface area contributed by atoms with E-state index < -0.39 is 0 Å². The predicted molar refractivity (Wildman–Crippen MR) is 123 cm³/mol. The molecule has 0 saturated carbocycles. The molecule has 0 aliphatic carbocycles. The minimum atomic E-state index is -0.156. The molecule has 1 unspecified atom stereocenters. The monoisotopic (exact) mass is 420 g/mol. The third-order valence-electron chi connectivity index (χ3n) is 5.35. The zero-order valence-electron chi connectivity index (χ0n) is 18.3. The van der Waals surface area contributed by atoms with E-state index in [9.17, 15) is 9.59 Å². The number of quaternary nitrogens is 1. The van der Waals surface area contributed by atoms with Gasteiger partial charge in [0, 0.05) is 0 Å². The zero-order chi connectivity index (χ0) is 22.2. The number of methoxy groups -OCH3 is 1. The molecule has 162 valence electrons. The third-order valence-corrected chi connectivity index (χ3v) is 5.35. The quantitative estimate of drug-likeness (QED) is 0.498. The number of anilines is 1. The molecule has 0 spiro atoms. The van der Waals surface area contributed by atoms with Gasteiger partial charge in [0.05, 0.1) is 25.4 Å². The molecule has 3 N–H and O–H groups in total. The molecule has 0 aliphatic rings. The van der Waals surface area contributed by atoms with Crippen molar-refractivity contribution in [2.45, 2.75) is 19.9 Å². The number of rotatable bonds is 9. The minimum Gasteiger partial charge on any atom is -0.495 e. The predicted octanol–water partition coefficient (Wildman–Crippen LogP) is 2.57. The van der Waals surface area contributed by atoms with Crippen molar-refractivity contribution in [2.24, 2.45) is 0 Å². The number of fused-ring (bicyclic) bond motifs is 1. The van der Waals surface area contributed by atoms with Crippen LogP contribution >= 0.6 is 0 Å². The molecule has 31 heavy (non-hydrogen) atoms. The van der Waals surface area contributed by atoms with Gasteiger partial charge in [-0.3, -0.25) is 9.59 Å². The van der Waals surface area contributed by atoms with Crippen LogP contribution in [0.2, 0.25) is 0 Å². The fraction of sp³-hybridized carbons (Fsp3) is 0.280. The van der Waals surface area contributed by atoms with Crippen molar-refractivity contribution in [3.05, 3.63) is 72.3 Å². The number of hydrogen-bond donors (Lipinski definition) is 3. The second-order valence-corrected chi connectivity index (χ2v) is 7.60. The van der Waals surface area contributed by atoms with Gasteiger partial charge >= 0.3 is 0 Å². The molecule has 6 heteroatoms. The summed E-state index contributed by atoms with van der Waals surface area (Å²) in [4.78, 5) is 26.0. The first-order valence-corrected chi connectivity index (χ1v) is 10.5. The summed E-state index contributed by atoms with van der Waals surface area (Å²) in [5.41, 5.74) is 1.68. The van der Waals surface area contributed by atoms with Gasteiger partial charge in [-0.25, -0.2) is 0 Å². The number of carbonyl (C=O) groups excluding carboxylic acids is 2. The van der Waals surface area contributed by atoms with Gasteiger partial charge in [0.1, 0.15) is 5.75 Å². The van der Waals surface area contributed by atoms with Gasteiger partial charge in [0.25, 0.3) is 11.8 Å². The van der Waals surface area contributed by atoms with Crippen LogP contribution in [0.3, 0.4) is 0 Å². The summed E-state index contributed by atoms with van der Waals surface area (Å²) in [5.74, 6) is 0.371. The molecule has 0 heterocycles. The number of ether oxygens (including phenoxy) is 1. The Morgan fingerprint density at radius 1 is 0.935 bits per heavy atom. The van der Waals surface area contributed by atoms with Crippen molar-refractivity contribution in [1.82, 2.24) is 5.32 Å². The summed E-state index contributed by atoms with van der Waals surface area (Å²) in [6, 6.07) is 21.5. The van der Waals surface area contributed by atoms with Crippen LogP contribution in [0.5, 0.6) is 5.75 Å². The molecule has 0 aromatic heterocycles. The molecule has 0 bridgehead atoms. The van der Waals surface area contributed by atoms with Crippen molar-refractivity contribution >= 4 is 28.3 Å². The van der Waals surface area contributed by atoms with Crippen LogP contribution in [-0.2, 0) is 9.59 Å². The molecule has 0 radical (unpaired) electrons. The van der Waals surface area contributed by atoms with Crippen molar-refractivity contribution < 1.29 is 19.2 Å². The van der Waals surface area contributed by atoms with E-state index in [-0.39, 0.29) is 30.9 Å². The van der Waals surface area contributed by atoms with Crippen LogP contribution in [0.15, 0.2) is 66.7 Å². The molecule has 6 nitrogen and oxygen atoms in total. The average Bonchev–Trinajstić information content (AvgIpc) is 2.78. The van der Waals surface area contributed by atoms with Gasteiger partial charge in [0.15, 0.2) is 13.1 Å². The van der Waals surface area contributed by atoms with Gasteiger partial charge < -0.3 is 20.3 Å². The Hall–Kier alpha value is -3.38. The van der Waals surface area contributed by atoms with E-state index in [2.05, 4.69) is 34.9 Å². The molecule has 3 rings (SSSR count). The van der Waals surface area contributed by atoms with E-state index in [0.29, 0.717) is 18.0 Å². The first-order valence-electron chi connectivity index (χ1n) is 10.5. The summed E-state index contributed by atoms with van der Waals surface area (Å²) in [6.07, 6.45) is 0. The van der Waals surface area contributed by atoms with Crippen LogP contribution in [-0.4, -0.2) is 38.6 Å². The maximum Gasteiger partial charge on any atom is 0.279 e. The number of carbonyl (C=O) groups is 2. The first-order chi connectivity index (χ1) is 15.0. The maximum absolute atomic E-state index is 12.6. The lowest BCUT2D eigenvalue weighted by Gasteiger charge is -2.20. The van der Waals surface area contributed by atoms with E-state index in [1.165, 1.54) is 5.39 Å². The largest absolute Gasteiger partial charge is 0.495 e. The molecular weight excluding hydrogens is 390 g/mol. The van der Waals surface area contributed by atoms with Crippen LogP contribution in [0, 0.1) is 0 Å². The molecule has 3 aromatic carbocycles. The third kappa shape index (κ3) is 6.06. The topological polar surface area (TPSA) is 71.9 Å². The zero-order valence-corrected chi connectivity index (χ0v) is 18.3. The Morgan fingerprint density at radius 3 is 2.35 bits per heavy atom. The maximum atomic E-state index is 12.6. The Bertz CT molecular complexity index is 1050. The smallest absolute Gasteiger partial charge is 0.279 e. The number of amides is 2. The highest BCUT2D eigenvalue weighted by molar-refractivity contribution is 5.93. The summed E-state index contributed by atoms with van der Waals surface area (Å²) >= 11 is 0. The highest BCUT2D eigenvalue weighted by Gasteiger charge is 2.19. The van der Waals surface area contributed by atoms with Crippen LogP contribution in [0.1, 0.15) is 25.5 Å². The van der Waals surface area contributed by atoms with Crippen molar-refractivity contribution in [1.29, 1.82) is 0 Å². The van der Waals surface area contributed by atoms with Crippen LogP contribution in [0.25, 0.3) is 10.8 Å². The molecular formula is C25H30N3O3+. The SMILES string of the molecule is CC[NH+](CC(=O)Nc1ccccc1OC)CC(=O)N[C@@H](C)c1ccc2ccccc2c1. The highest BCUT2D eigenvalue weighted by Crippen LogP contribution is 2.22. The minimum absolute atomic E-state index is 0.0809. The van der Waals surface area contributed by atoms with Gasteiger partial charge in [-0.05, 0) is 48.4 Å². The van der Waals surface area contributed by atoms with Gasteiger partial charge in [-0.2, -0.15) is 0 Å². The average molecular weight is 421 g/mol. The Morgan fingerprint density at radius 2 is 1.61 bits per heavy atom. The van der Waals surface area contributed by atoms with Crippen molar-refractivity contribution in [3.8, 4) is 5.75 Å². The fourth-order valence-electron chi connectivity index (χ4n) is 3.56. The van der Waals surface area contributed by atoms with Crippen LogP contribution < -0.4 is 20.3 Å². The van der Waals surface area contributed by atoms with E-state index >= 15 is 0 Å². The van der Waals surface area contributed by atoms with Gasteiger partial charge in [-0.1, -0.05) is 48.5 Å². The second kappa shape index (κ2) is 10.6. The summed E-state index contributed by atoms with van der Waals surface area (Å²) in [5, 5.41) is 8.24. The Labute approximate surface area is 183 Å². The number of hydrogen-bond acceptors (Lipinski definition) is 3. The van der Waals surface area contributed by atoms with E-state index in [4.69, 9.17) is 4.74 Å². The van der Waals surface area contributed by atoms with E-state index in [1.807, 2.05) is 44.2 Å². The fourth-order valence-corrected chi connectivity index (χ4v) is 3.56. The normalized spacial score (nSPS) is 12.7. The first kappa shape index (κ1) is 22.3. The lowest BCUT2D eigenvalue weighted by molar-refractivity contribution is -0.881. The molecule has 2 atom stereocenters. The van der Waals surface area contributed by atoms with Crippen molar-refractivity contribution in [2.75, 3.05) is 32.1 Å². The second-order valence-electron chi connectivity index (χ2n) is 7.60. The molecule has 0 saturated heterocycles. The molecule has 0 fully saturated rings. The van der Waals surface area contributed by atoms with Crippen molar-refractivity contribution in [3.63, 3.8) is 0 Å². The lowest BCUT2D eigenvalue weighted by atomic mass is 10.0. The standard InChI is InChI=1S/C25H29N3O3/c1-4-28(17-25(30)27-22-11-7-8-12-23(22)31-3)16-24(29)26-18(2)20-14-13-19-9-5-6-10-21(19)15-20/h5-15,18H,4,16-17H2,1-3H3,(H,26,29)(H,27,30)/p+1/t18-/m0/s1. The van der Waals surface area contributed by atoms with Crippen LogP contribution in [0.4, 0.5) is 5.69 Å². The molecule has 2 amide bonds.